The Kier molecular flexibility index (Phi) is 4.79. The first-order valence-electron chi connectivity index (χ1n) is 6.62. The van der Waals surface area contributed by atoms with Gasteiger partial charge in [0.25, 0.3) is 0 Å². The molecule has 6 heteroatoms. The van der Waals surface area contributed by atoms with Crippen molar-refractivity contribution in [2.75, 3.05) is 20.1 Å². The van der Waals surface area contributed by atoms with Crippen molar-refractivity contribution in [3.05, 3.63) is 0 Å². The lowest BCUT2D eigenvalue weighted by Crippen LogP contribution is -2.45. The van der Waals surface area contributed by atoms with Crippen LogP contribution < -0.4 is 5.73 Å². The summed E-state index contributed by atoms with van der Waals surface area (Å²) >= 11 is 0. The molecule has 2 N–H and O–H groups in total. The summed E-state index contributed by atoms with van der Waals surface area (Å²) in [7, 11) is 1.71. The molecule has 2 atom stereocenters. The van der Waals surface area contributed by atoms with Gasteiger partial charge in [0.2, 0.25) is 5.91 Å². The highest BCUT2D eigenvalue weighted by molar-refractivity contribution is 5.81. The van der Waals surface area contributed by atoms with Crippen molar-refractivity contribution in [2.45, 2.75) is 51.8 Å². The Labute approximate surface area is 114 Å². The zero-order chi connectivity index (χ0) is 14.8. The minimum absolute atomic E-state index is 0.00227. The average Bonchev–Trinajstić information content (AvgIpc) is 2.73. The molecule has 0 radical (unpaired) electrons. The largest absolute Gasteiger partial charge is 0.444 e. The van der Waals surface area contributed by atoms with E-state index in [9.17, 15) is 9.59 Å². The van der Waals surface area contributed by atoms with Crippen LogP contribution in [-0.2, 0) is 9.53 Å². The van der Waals surface area contributed by atoms with Gasteiger partial charge in [0.05, 0.1) is 12.1 Å². The number of nitrogens with zero attached hydrogens (tertiary/aromatic N) is 2. The van der Waals surface area contributed by atoms with Crippen LogP contribution in [0.4, 0.5) is 4.79 Å². The Morgan fingerprint density at radius 3 is 2.47 bits per heavy atom. The van der Waals surface area contributed by atoms with Gasteiger partial charge in [-0.1, -0.05) is 0 Å². The summed E-state index contributed by atoms with van der Waals surface area (Å²) in [4.78, 5) is 27.0. The Morgan fingerprint density at radius 2 is 2.00 bits per heavy atom. The first-order chi connectivity index (χ1) is 8.61. The standard InChI is InChI=1S/C13H25N3O3/c1-9(14)11(17)16-7-6-10(8-16)15(5)12(18)19-13(2,3)4/h9-10H,6-8,14H2,1-5H3. The van der Waals surface area contributed by atoms with Gasteiger partial charge < -0.3 is 20.3 Å². The number of hydrogen-bond acceptors (Lipinski definition) is 4. The van der Waals surface area contributed by atoms with Gasteiger partial charge >= 0.3 is 6.09 Å². The molecule has 2 amide bonds. The van der Waals surface area contributed by atoms with Crippen LogP contribution in [0.1, 0.15) is 34.1 Å². The molecule has 0 aliphatic carbocycles. The van der Waals surface area contributed by atoms with E-state index in [1.165, 1.54) is 0 Å². The Morgan fingerprint density at radius 1 is 1.42 bits per heavy atom. The maximum atomic E-state index is 11.9. The minimum atomic E-state index is -0.509. The van der Waals surface area contributed by atoms with Gasteiger partial charge in [-0.2, -0.15) is 0 Å². The van der Waals surface area contributed by atoms with E-state index < -0.39 is 11.6 Å². The van der Waals surface area contributed by atoms with Gasteiger partial charge in [-0.3, -0.25) is 4.79 Å². The summed E-state index contributed by atoms with van der Waals surface area (Å²) in [5.74, 6) is -0.0694. The van der Waals surface area contributed by atoms with E-state index in [0.29, 0.717) is 13.1 Å². The van der Waals surface area contributed by atoms with Crippen molar-refractivity contribution in [3.63, 3.8) is 0 Å². The number of rotatable bonds is 2. The first-order valence-corrected chi connectivity index (χ1v) is 6.62. The first kappa shape index (κ1) is 15.8. The van der Waals surface area contributed by atoms with Crippen molar-refractivity contribution in [1.29, 1.82) is 0 Å². The molecule has 1 saturated heterocycles. The Bertz CT molecular complexity index is 350. The molecule has 0 aromatic carbocycles. The summed E-state index contributed by atoms with van der Waals surface area (Å²) in [6.07, 6.45) is 0.404. The average molecular weight is 271 g/mol. The highest BCUT2D eigenvalue weighted by Gasteiger charge is 2.33. The lowest BCUT2D eigenvalue weighted by molar-refractivity contribution is -0.131. The fraction of sp³-hybridized carbons (Fsp3) is 0.846. The molecule has 2 unspecified atom stereocenters. The van der Waals surface area contributed by atoms with Crippen LogP contribution in [-0.4, -0.2) is 59.6 Å². The van der Waals surface area contributed by atoms with Crippen molar-refractivity contribution in [2.24, 2.45) is 5.73 Å². The van der Waals surface area contributed by atoms with Crippen LogP contribution in [0.3, 0.4) is 0 Å². The van der Waals surface area contributed by atoms with E-state index in [2.05, 4.69) is 0 Å². The third-order valence-corrected chi connectivity index (χ3v) is 3.09. The summed E-state index contributed by atoms with van der Waals surface area (Å²) < 4.78 is 5.31. The quantitative estimate of drug-likeness (QED) is 0.806. The van der Waals surface area contributed by atoms with Crippen LogP contribution in [0.5, 0.6) is 0 Å². The molecule has 0 saturated carbocycles. The van der Waals surface area contributed by atoms with Gasteiger partial charge in [-0.25, -0.2) is 4.79 Å². The topological polar surface area (TPSA) is 75.9 Å². The third kappa shape index (κ3) is 4.38. The zero-order valence-corrected chi connectivity index (χ0v) is 12.5. The minimum Gasteiger partial charge on any atom is -0.444 e. The Balaban J connectivity index is 2.55. The molecule has 110 valence electrons. The van der Waals surface area contributed by atoms with E-state index in [0.717, 1.165) is 6.42 Å². The molecule has 0 bridgehead atoms. The number of carbonyl (C=O) groups is 2. The second kappa shape index (κ2) is 5.77. The van der Waals surface area contributed by atoms with E-state index in [1.54, 1.807) is 23.8 Å². The molecule has 19 heavy (non-hydrogen) atoms. The van der Waals surface area contributed by atoms with E-state index in [1.807, 2.05) is 20.8 Å². The second-order valence-electron chi connectivity index (χ2n) is 6.11. The molecule has 1 rings (SSSR count). The number of carbonyl (C=O) groups excluding carboxylic acids is 2. The molecule has 1 aliphatic rings. The number of ether oxygens (including phenoxy) is 1. The van der Waals surface area contributed by atoms with E-state index in [-0.39, 0.29) is 18.0 Å². The predicted octanol–water partition coefficient (Wildman–Crippen LogP) is 0.801. The van der Waals surface area contributed by atoms with E-state index in [4.69, 9.17) is 10.5 Å². The predicted molar refractivity (Wildman–Crippen MR) is 72.6 cm³/mol. The number of nitrogens with two attached hydrogens (primary N) is 1. The van der Waals surface area contributed by atoms with Crippen LogP contribution in [0.2, 0.25) is 0 Å². The summed E-state index contributed by atoms with van der Waals surface area (Å²) in [5, 5.41) is 0. The maximum absolute atomic E-state index is 11.9. The number of hydrogen-bond donors (Lipinski definition) is 1. The maximum Gasteiger partial charge on any atom is 0.410 e. The molecule has 6 nitrogen and oxygen atoms in total. The highest BCUT2D eigenvalue weighted by Crippen LogP contribution is 2.18. The van der Waals surface area contributed by atoms with Crippen molar-refractivity contribution in [1.82, 2.24) is 9.80 Å². The number of likely N-dealkylation sites (N-methyl/N-ethyl adjacent to an activating group) is 1. The smallest absolute Gasteiger partial charge is 0.410 e. The van der Waals surface area contributed by atoms with Crippen LogP contribution in [0, 0.1) is 0 Å². The normalized spacial score (nSPS) is 21.2. The lowest BCUT2D eigenvalue weighted by Gasteiger charge is -2.28. The van der Waals surface area contributed by atoms with Gasteiger partial charge in [-0.05, 0) is 34.1 Å². The monoisotopic (exact) mass is 271 g/mol. The lowest BCUT2D eigenvalue weighted by atomic mass is 10.2. The molecule has 0 spiro atoms. The molecule has 1 heterocycles. The second-order valence-corrected chi connectivity index (χ2v) is 6.11. The van der Waals surface area contributed by atoms with Crippen molar-refractivity contribution < 1.29 is 14.3 Å². The summed E-state index contributed by atoms with van der Waals surface area (Å²) in [6.45, 7) is 8.33. The third-order valence-electron chi connectivity index (χ3n) is 3.09. The zero-order valence-electron chi connectivity index (χ0n) is 12.5. The highest BCUT2D eigenvalue weighted by atomic mass is 16.6. The molecule has 1 aliphatic heterocycles. The SMILES string of the molecule is CC(N)C(=O)N1CCC(N(C)C(=O)OC(C)(C)C)C1. The fourth-order valence-corrected chi connectivity index (χ4v) is 2.03. The number of amides is 2. The molecular formula is C13H25N3O3. The number of likely N-dealkylation sites (tertiary alicyclic amines) is 1. The fourth-order valence-electron chi connectivity index (χ4n) is 2.03. The van der Waals surface area contributed by atoms with Crippen LogP contribution in [0.25, 0.3) is 0 Å². The summed E-state index contributed by atoms with van der Waals surface area (Å²) in [6, 6.07) is -0.497. The van der Waals surface area contributed by atoms with Gasteiger partial charge in [-0.15, -0.1) is 0 Å². The van der Waals surface area contributed by atoms with E-state index >= 15 is 0 Å². The van der Waals surface area contributed by atoms with Crippen molar-refractivity contribution >= 4 is 12.0 Å². The van der Waals surface area contributed by atoms with Crippen LogP contribution >= 0.6 is 0 Å². The van der Waals surface area contributed by atoms with Gasteiger partial charge in [0.15, 0.2) is 0 Å². The molecule has 0 aromatic rings. The Hall–Kier alpha value is -1.30. The molecule has 0 aromatic heterocycles. The summed E-state index contributed by atoms with van der Waals surface area (Å²) in [5.41, 5.74) is 5.08. The van der Waals surface area contributed by atoms with Crippen molar-refractivity contribution in [3.8, 4) is 0 Å². The van der Waals surface area contributed by atoms with Gasteiger partial charge in [0, 0.05) is 20.1 Å². The van der Waals surface area contributed by atoms with Gasteiger partial charge in [0.1, 0.15) is 5.60 Å². The molecular weight excluding hydrogens is 246 g/mol. The molecule has 1 fully saturated rings. The van der Waals surface area contributed by atoms with Crippen LogP contribution in [0.15, 0.2) is 0 Å².